The molecule has 2 aromatic rings. The molecule has 0 spiro atoms. The van der Waals surface area contributed by atoms with Crippen LogP contribution in [0, 0.1) is 0 Å². The van der Waals surface area contributed by atoms with E-state index in [2.05, 4.69) is 76.8 Å². The van der Waals surface area contributed by atoms with Crippen LogP contribution in [-0.4, -0.2) is 0 Å². The summed E-state index contributed by atoms with van der Waals surface area (Å²) in [6.45, 7) is 2.17. The molecule has 0 aromatic heterocycles. The summed E-state index contributed by atoms with van der Waals surface area (Å²) in [4.78, 5) is 0. The lowest BCUT2D eigenvalue weighted by atomic mass is 9.97. The Hall–Kier alpha value is -1.16. The van der Waals surface area contributed by atoms with Crippen molar-refractivity contribution in [1.29, 1.82) is 0 Å². The van der Waals surface area contributed by atoms with Gasteiger partial charge >= 0.3 is 0 Å². The lowest BCUT2D eigenvalue weighted by Crippen LogP contribution is -2.29. The molecule has 2 rings (SSSR count). The molecule has 0 bridgehead atoms. The zero-order valence-electron chi connectivity index (χ0n) is 11.1. The number of rotatable bonds is 5. The summed E-state index contributed by atoms with van der Waals surface area (Å²) in [5.74, 6) is 5.71. The zero-order chi connectivity index (χ0) is 13.7. The van der Waals surface area contributed by atoms with E-state index in [1.807, 2.05) is 0 Å². The van der Waals surface area contributed by atoms with Crippen LogP contribution in [0.4, 0.5) is 0 Å². The molecule has 2 nitrogen and oxygen atoms in total. The average Bonchev–Trinajstić information content (AvgIpc) is 2.46. The van der Waals surface area contributed by atoms with Crippen molar-refractivity contribution in [2.45, 2.75) is 25.8 Å². The molecular formula is C16H19BrN2. The first-order valence-corrected chi connectivity index (χ1v) is 7.31. The van der Waals surface area contributed by atoms with Gasteiger partial charge in [-0.15, -0.1) is 0 Å². The second-order valence-corrected chi connectivity index (χ2v) is 5.56. The van der Waals surface area contributed by atoms with Gasteiger partial charge in [0.2, 0.25) is 0 Å². The highest BCUT2D eigenvalue weighted by Gasteiger charge is 2.10. The van der Waals surface area contributed by atoms with Crippen molar-refractivity contribution in [3.05, 3.63) is 69.7 Å². The number of hydrazine groups is 1. The molecule has 1 atom stereocenters. The largest absolute Gasteiger partial charge is 0.271 e. The molecule has 0 aliphatic rings. The highest BCUT2D eigenvalue weighted by molar-refractivity contribution is 9.10. The Balaban J connectivity index is 2.17. The van der Waals surface area contributed by atoms with E-state index in [9.17, 15) is 0 Å². The fraction of sp³-hybridized carbons (Fsp3) is 0.250. The third-order valence-electron chi connectivity index (χ3n) is 3.32. The van der Waals surface area contributed by atoms with E-state index < -0.39 is 0 Å². The van der Waals surface area contributed by atoms with E-state index >= 15 is 0 Å². The van der Waals surface area contributed by atoms with Crippen LogP contribution in [0.3, 0.4) is 0 Å². The van der Waals surface area contributed by atoms with Gasteiger partial charge in [0.05, 0.1) is 0 Å². The van der Waals surface area contributed by atoms with E-state index in [4.69, 9.17) is 5.84 Å². The van der Waals surface area contributed by atoms with Gasteiger partial charge in [-0.05, 0) is 41.7 Å². The van der Waals surface area contributed by atoms with Gasteiger partial charge in [0.1, 0.15) is 0 Å². The Bertz CT molecular complexity index is 523. The average molecular weight is 319 g/mol. The molecule has 0 fully saturated rings. The molecule has 1 unspecified atom stereocenters. The van der Waals surface area contributed by atoms with Crippen molar-refractivity contribution in [2.24, 2.45) is 5.84 Å². The SMILES string of the molecule is CCc1cccc(C(Cc2ccc(Br)cc2)NN)c1. The van der Waals surface area contributed by atoms with E-state index in [-0.39, 0.29) is 6.04 Å². The highest BCUT2D eigenvalue weighted by Crippen LogP contribution is 2.20. The first-order chi connectivity index (χ1) is 9.22. The van der Waals surface area contributed by atoms with Gasteiger partial charge in [-0.1, -0.05) is 59.3 Å². The Morgan fingerprint density at radius 3 is 2.47 bits per heavy atom. The number of nitrogens with one attached hydrogen (secondary N) is 1. The number of hydrogen-bond donors (Lipinski definition) is 2. The van der Waals surface area contributed by atoms with Gasteiger partial charge in [-0.25, -0.2) is 0 Å². The molecule has 0 amide bonds. The number of halogens is 1. The van der Waals surface area contributed by atoms with Gasteiger partial charge < -0.3 is 0 Å². The van der Waals surface area contributed by atoms with Gasteiger partial charge in [0.15, 0.2) is 0 Å². The van der Waals surface area contributed by atoms with Crippen LogP contribution < -0.4 is 11.3 Å². The summed E-state index contributed by atoms with van der Waals surface area (Å²) in [6.07, 6.45) is 1.93. The second kappa shape index (κ2) is 6.85. The Labute approximate surface area is 123 Å². The summed E-state index contributed by atoms with van der Waals surface area (Å²) < 4.78 is 1.10. The predicted octanol–water partition coefficient (Wildman–Crippen LogP) is 3.76. The monoisotopic (exact) mass is 318 g/mol. The lowest BCUT2D eigenvalue weighted by molar-refractivity contribution is 0.551. The topological polar surface area (TPSA) is 38.0 Å². The molecule has 19 heavy (non-hydrogen) atoms. The second-order valence-electron chi connectivity index (χ2n) is 4.65. The summed E-state index contributed by atoms with van der Waals surface area (Å²) in [6, 6.07) is 17.1. The Kier molecular flexibility index (Phi) is 5.14. The van der Waals surface area contributed by atoms with Crippen molar-refractivity contribution >= 4 is 15.9 Å². The van der Waals surface area contributed by atoms with Gasteiger partial charge in [-0.3, -0.25) is 11.3 Å². The lowest BCUT2D eigenvalue weighted by Gasteiger charge is -2.17. The summed E-state index contributed by atoms with van der Waals surface area (Å²) >= 11 is 3.45. The molecule has 0 radical (unpaired) electrons. The third kappa shape index (κ3) is 3.90. The van der Waals surface area contributed by atoms with Crippen LogP contribution in [0.5, 0.6) is 0 Å². The number of nitrogens with two attached hydrogens (primary N) is 1. The Morgan fingerprint density at radius 2 is 1.84 bits per heavy atom. The first-order valence-electron chi connectivity index (χ1n) is 6.52. The molecular weight excluding hydrogens is 300 g/mol. The minimum Gasteiger partial charge on any atom is -0.271 e. The van der Waals surface area contributed by atoms with Crippen molar-refractivity contribution in [3.63, 3.8) is 0 Å². The number of benzene rings is 2. The highest BCUT2D eigenvalue weighted by atomic mass is 79.9. The van der Waals surface area contributed by atoms with Crippen LogP contribution >= 0.6 is 15.9 Å². The molecule has 0 heterocycles. The van der Waals surface area contributed by atoms with E-state index in [1.165, 1.54) is 16.7 Å². The van der Waals surface area contributed by atoms with Crippen LogP contribution in [-0.2, 0) is 12.8 Å². The maximum absolute atomic E-state index is 5.71. The molecule has 0 aliphatic carbocycles. The fourth-order valence-corrected chi connectivity index (χ4v) is 2.42. The number of aryl methyl sites for hydroxylation is 1. The van der Waals surface area contributed by atoms with E-state index in [0.717, 1.165) is 17.3 Å². The minimum atomic E-state index is 0.146. The standard InChI is InChI=1S/C16H19BrN2/c1-2-12-4-3-5-14(10-12)16(19-18)11-13-6-8-15(17)9-7-13/h3-10,16,19H,2,11,18H2,1H3. The Morgan fingerprint density at radius 1 is 1.11 bits per heavy atom. The molecule has 0 aliphatic heterocycles. The van der Waals surface area contributed by atoms with Gasteiger partial charge in [0, 0.05) is 10.5 Å². The minimum absolute atomic E-state index is 0.146. The molecule has 0 saturated heterocycles. The quantitative estimate of drug-likeness (QED) is 0.650. The molecule has 100 valence electrons. The van der Waals surface area contributed by atoms with Crippen molar-refractivity contribution in [1.82, 2.24) is 5.43 Å². The molecule has 3 N–H and O–H groups in total. The van der Waals surface area contributed by atoms with Crippen LogP contribution in [0.15, 0.2) is 53.0 Å². The normalized spacial score (nSPS) is 12.4. The van der Waals surface area contributed by atoms with Crippen molar-refractivity contribution < 1.29 is 0 Å². The maximum atomic E-state index is 5.71. The molecule has 3 heteroatoms. The van der Waals surface area contributed by atoms with Crippen LogP contribution in [0.25, 0.3) is 0 Å². The fourth-order valence-electron chi connectivity index (χ4n) is 2.16. The van der Waals surface area contributed by atoms with Crippen LogP contribution in [0.2, 0.25) is 0 Å². The van der Waals surface area contributed by atoms with Crippen molar-refractivity contribution in [3.8, 4) is 0 Å². The summed E-state index contributed by atoms with van der Waals surface area (Å²) in [5, 5.41) is 0. The smallest absolute Gasteiger partial charge is 0.0500 e. The van der Waals surface area contributed by atoms with E-state index in [0.29, 0.717) is 0 Å². The first kappa shape index (κ1) is 14.3. The third-order valence-corrected chi connectivity index (χ3v) is 3.84. The molecule has 0 saturated carbocycles. The number of hydrogen-bond acceptors (Lipinski definition) is 2. The van der Waals surface area contributed by atoms with E-state index in [1.54, 1.807) is 0 Å². The van der Waals surface area contributed by atoms with Crippen molar-refractivity contribution in [2.75, 3.05) is 0 Å². The van der Waals surface area contributed by atoms with Gasteiger partial charge in [0.25, 0.3) is 0 Å². The maximum Gasteiger partial charge on any atom is 0.0500 e. The predicted molar refractivity (Wildman–Crippen MR) is 83.7 cm³/mol. The molecule has 2 aromatic carbocycles. The summed E-state index contributed by atoms with van der Waals surface area (Å²) in [5.41, 5.74) is 6.77. The summed E-state index contributed by atoms with van der Waals surface area (Å²) in [7, 11) is 0. The van der Waals surface area contributed by atoms with Gasteiger partial charge in [-0.2, -0.15) is 0 Å². The van der Waals surface area contributed by atoms with Crippen LogP contribution in [0.1, 0.15) is 29.7 Å². The zero-order valence-corrected chi connectivity index (χ0v) is 12.7.